The summed E-state index contributed by atoms with van der Waals surface area (Å²) in [5.74, 6) is -7.47. The Labute approximate surface area is 217 Å². The average Bonchev–Trinajstić information content (AvgIpc) is 3.14. The zero-order chi connectivity index (χ0) is 27.5. The molecule has 3 atom stereocenters. The van der Waals surface area contributed by atoms with Crippen LogP contribution in [0, 0.1) is 17.8 Å². The number of amides is 3. The number of hydrogen-bond donors (Lipinski definition) is 2. The molecule has 2 aromatic rings. The van der Waals surface area contributed by atoms with Crippen LogP contribution in [-0.4, -0.2) is 62.2 Å². The largest absolute Gasteiger partial charge is 0.444 e. The van der Waals surface area contributed by atoms with Crippen LogP contribution in [0.3, 0.4) is 0 Å². The molecule has 2 aromatic heterocycles. The van der Waals surface area contributed by atoms with Crippen LogP contribution in [0.15, 0.2) is 18.5 Å². The number of aromatic nitrogens is 3. The first-order valence-electron chi connectivity index (χ1n) is 12.8. The Kier molecular flexibility index (Phi) is 6.46. The van der Waals surface area contributed by atoms with E-state index in [1.165, 1.54) is 15.6 Å². The molecule has 0 radical (unpaired) electrons. The first kappa shape index (κ1) is 26.5. The SMILES string of the molecule is CC(C)(C)OC(=O)N[C@H](c1cn2ncc(CN3C[C@@H]4[C@H](CNC3=O)C4(F)F)cc2n1)C1CCC(F)(F)CC1. The van der Waals surface area contributed by atoms with Crippen LogP contribution >= 0.6 is 0 Å². The van der Waals surface area contributed by atoms with Crippen molar-refractivity contribution >= 4 is 17.8 Å². The highest BCUT2D eigenvalue weighted by Gasteiger charge is 2.69. The van der Waals surface area contributed by atoms with E-state index >= 15 is 0 Å². The number of nitrogens with zero attached hydrogens (tertiary/aromatic N) is 4. The van der Waals surface area contributed by atoms with Crippen molar-refractivity contribution in [2.45, 2.75) is 76.5 Å². The molecule has 0 spiro atoms. The third kappa shape index (κ3) is 5.51. The fourth-order valence-electron chi connectivity index (χ4n) is 5.41. The third-order valence-electron chi connectivity index (χ3n) is 7.54. The van der Waals surface area contributed by atoms with Crippen molar-refractivity contribution in [3.63, 3.8) is 0 Å². The van der Waals surface area contributed by atoms with E-state index in [2.05, 4.69) is 20.7 Å². The number of halogens is 4. The number of hydrogen-bond acceptors (Lipinski definition) is 5. The smallest absolute Gasteiger partial charge is 0.408 e. The second-order valence-corrected chi connectivity index (χ2v) is 11.6. The van der Waals surface area contributed by atoms with Crippen molar-refractivity contribution in [2.24, 2.45) is 17.8 Å². The van der Waals surface area contributed by atoms with E-state index in [1.54, 1.807) is 33.0 Å². The van der Waals surface area contributed by atoms with Crippen LogP contribution in [0.4, 0.5) is 27.2 Å². The van der Waals surface area contributed by atoms with Gasteiger partial charge in [-0.1, -0.05) is 0 Å². The van der Waals surface area contributed by atoms with E-state index in [0.29, 0.717) is 16.9 Å². The zero-order valence-corrected chi connectivity index (χ0v) is 21.5. The minimum Gasteiger partial charge on any atom is -0.444 e. The maximum Gasteiger partial charge on any atom is 0.408 e. The van der Waals surface area contributed by atoms with Crippen LogP contribution in [0.5, 0.6) is 0 Å². The van der Waals surface area contributed by atoms with E-state index < -0.39 is 47.4 Å². The second-order valence-electron chi connectivity index (χ2n) is 11.6. The highest BCUT2D eigenvalue weighted by molar-refractivity contribution is 5.75. The molecule has 3 heterocycles. The van der Waals surface area contributed by atoms with Gasteiger partial charge in [0, 0.05) is 32.5 Å². The highest BCUT2D eigenvalue weighted by Crippen LogP contribution is 2.55. The number of carbonyl (C=O) groups is 2. The zero-order valence-electron chi connectivity index (χ0n) is 21.5. The van der Waals surface area contributed by atoms with Crippen LogP contribution in [0.1, 0.15) is 63.8 Å². The van der Waals surface area contributed by atoms with Gasteiger partial charge in [-0.3, -0.25) is 0 Å². The highest BCUT2D eigenvalue weighted by atomic mass is 19.3. The third-order valence-corrected chi connectivity index (χ3v) is 7.54. The lowest BCUT2D eigenvalue weighted by Crippen LogP contribution is -2.40. The summed E-state index contributed by atoms with van der Waals surface area (Å²) in [4.78, 5) is 31.0. The van der Waals surface area contributed by atoms with Gasteiger partial charge < -0.3 is 20.3 Å². The second kappa shape index (κ2) is 9.26. The molecule has 3 fully saturated rings. The van der Waals surface area contributed by atoms with Crippen LogP contribution < -0.4 is 10.6 Å². The lowest BCUT2D eigenvalue weighted by Gasteiger charge is -2.33. The number of urea groups is 1. The predicted octanol–water partition coefficient (Wildman–Crippen LogP) is 4.53. The van der Waals surface area contributed by atoms with Crippen molar-refractivity contribution in [3.05, 3.63) is 29.7 Å². The Hall–Kier alpha value is -3.12. The van der Waals surface area contributed by atoms with Crippen molar-refractivity contribution in [3.8, 4) is 0 Å². The van der Waals surface area contributed by atoms with Gasteiger partial charge in [0.05, 0.1) is 36.0 Å². The first-order chi connectivity index (χ1) is 17.7. The lowest BCUT2D eigenvalue weighted by molar-refractivity contribution is -0.0500. The summed E-state index contributed by atoms with van der Waals surface area (Å²) in [5, 5.41) is 9.72. The molecule has 9 nitrogen and oxygen atoms in total. The summed E-state index contributed by atoms with van der Waals surface area (Å²) in [6, 6.07) is 0.612. The molecule has 208 valence electrons. The van der Waals surface area contributed by atoms with Gasteiger partial charge in [-0.25, -0.2) is 36.7 Å². The standard InChI is InChI=1S/C25H32F4N6O3/c1-23(2,3)38-22(37)33-20(15-4-6-24(26,27)7-5-15)18-13-35-19(32-18)8-14(9-31-35)11-34-12-17-16(25(17,28)29)10-30-21(34)36/h8-9,13,15-17,20H,4-7,10-12H2,1-3H3,(H,30,36)(H,33,37)/t16-,17+,20-/m0/s1. The minimum atomic E-state index is -2.77. The Balaban J connectivity index is 1.36. The number of carbonyl (C=O) groups excluding carboxylic acids is 2. The molecule has 1 saturated heterocycles. The average molecular weight is 541 g/mol. The van der Waals surface area contributed by atoms with Crippen LogP contribution in [0.25, 0.3) is 5.65 Å². The molecule has 2 aliphatic carbocycles. The summed E-state index contributed by atoms with van der Waals surface area (Å²) < 4.78 is 62.4. The molecule has 0 bridgehead atoms. The van der Waals surface area contributed by atoms with Crippen molar-refractivity contribution in [2.75, 3.05) is 13.1 Å². The van der Waals surface area contributed by atoms with Gasteiger partial charge in [0.2, 0.25) is 5.92 Å². The Morgan fingerprint density at radius 3 is 2.63 bits per heavy atom. The summed E-state index contributed by atoms with van der Waals surface area (Å²) in [7, 11) is 0. The lowest BCUT2D eigenvalue weighted by atomic mass is 9.81. The predicted molar refractivity (Wildman–Crippen MR) is 128 cm³/mol. The number of imidazole rings is 1. The Morgan fingerprint density at radius 1 is 1.24 bits per heavy atom. The van der Waals surface area contributed by atoms with E-state index in [1.807, 2.05) is 0 Å². The molecule has 38 heavy (non-hydrogen) atoms. The summed E-state index contributed by atoms with van der Waals surface area (Å²) >= 11 is 0. The molecule has 5 rings (SSSR count). The topological polar surface area (TPSA) is 101 Å². The van der Waals surface area contributed by atoms with Crippen molar-refractivity contribution in [1.29, 1.82) is 0 Å². The molecule has 2 saturated carbocycles. The normalized spacial score (nSPS) is 25.8. The number of alkyl halides is 4. The number of nitrogens with one attached hydrogen (secondary N) is 2. The maximum absolute atomic E-state index is 13.9. The van der Waals surface area contributed by atoms with Gasteiger partial charge in [-0.05, 0) is 51.2 Å². The van der Waals surface area contributed by atoms with Crippen molar-refractivity contribution < 1.29 is 31.9 Å². The minimum absolute atomic E-state index is 0.0486. The van der Waals surface area contributed by atoms with Crippen molar-refractivity contribution in [1.82, 2.24) is 30.1 Å². The van der Waals surface area contributed by atoms with Crippen LogP contribution in [-0.2, 0) is 11.3 Å². The number of ether oxygens (including phenoxy) is 1. The number of alkyl carbamates (subject to hydrolysis) is 1. The molecule has 3 amide bonds. The fraction of sp³-hybridized carbons (Fsp3) is 0.680. The summed E-state index contributed by atoms with van der Waals surface area (Å²) in [6.07, 6.45) is 2.33. The first-order valence-corrected chi connectivity index (χ1v) is 12.8. The van der Waals surface area contributed by atoms with E-state index in [4.69, 9.17) is 4.74 Å². The van der Waals surface area contributed by atoms with Gasteiger partial charge in [0.15, 0.2) is 5.65 Å². The van der Waals surface area contributed by atoms with E-state index in [0.717, 1.165) is 0 Å². The number of fused-ring (bicyclic) bond motifs is 2. The monoisotopic (exact) mass is 540 g/mol. The molecule has 13 heteroatoms. The number of rotatable bonds is 5. The molecule has 2 N–H and O–H groups in total. The quantitative estimate of drug-likeness (QED) is 0.543. The Bertz CT molecular complexity index is 1220. The summed E-state index contributed by atoms with van der Waals surface area (Å²) in [5.41, 5.74) is 0.720. The summed E-state index contributed by atoms with van der Waals surface area (Å²) in [6.45, 7) is 5.17. The van der Waals surface area contributed by atoms with E-state index in [-0.39, 0.29) is 51.2 Å². The molecule has 1 aliphatic heterocycles. The maximum atomic E-state index is 13.9. The molecular formula is C25H32F4N6O3. The molecular weight excluding hydrogens is 508 g/mol. The Morgan fingerprint density at radius 2 is 1.95 bits per heavy atom. The van der Waals surface area contributed by atoms with Gasteiger partial charge in [0.1, 0.15) is 5.60 Å². The van der Waals surface area contributed by atoms with Gasteiger partial charge in [-0.15, -0.1) is 0 Å². The van der Waals surface area contributed by atoms with E-state index in [9.17, 15) is 27.2 Å². The van der Waals surface area contributed by atoms with Gasteiger partial charge in [0.25, 0.3) is 5.92 Å². The van der Waals surface area contributed by atoms with Gasteiger partial charge >= 0.3 is 12.1 Å². The van der Waals surface area contributed by atoms with Crippen LogP contribution in [0.2, 0.25) is 0 Å². The van der Waals surface area contributed by atoms with Gasteiger partial charge in [-0.2, -0.15) is 5.10 Å². The molecule has 3 aliphatic rings. The molecule has 0 unspecified atom stereocenters. The molecule has 0 aromatic carbocycles. The fourth-order valence-corrected chi connectivity index (χ4v) is 5.41.